The Morgan fingerprint density at radius 1 is 0.453 bits per heavy atom. The molecule has 53 heavy (non-hydrogen) atoms. The van der Waals surface area contributed by atoms with Crippen LogP contribution in [0.15, 0.2) is 12.2 Å². The van der Waals surface area contributed by atoms with Crippen molar-refractivity contribution < 1.29 is 20.1 Å². The Morgan fingerprint density at radius 2 is 0.755 bits per heavy atom. The summed E-state index contributed by atoms with van der Waals surface area (Å²) in [4.78, 5) is 12.4. The van der Waals surface area contributed by atoms with E-state index in [1.165, 1.54) is 199 Å². The van der Waals surface area contributed by atoms with E-state index in [9.17, 15) is 20.1 Å². The highest BCUT2D eigenvalue weighted by Crippen LogP contribution is 2.17. The average Bonchev–Trinajstić information content (AvgIpc) is 3.16. The molecule has 0 aliphatic heterocycles. The molecule has 0 radical (unpaired) electrons. The summed E-state index contributed by atoms with van der Waals surface area (Å²) in [7, 11) is 0. The zero-order valence-electron chi connectivity index (χ0n) is 35.9. The van der Waals surface area contributed by atoms with Crippen LogP contribution in [0, 0.1) is 0 Å². The molecule has 3 unspecified atom stereocenters. The number of nitrogens with one attached hydrogen (secondary N) is 1. The first-order valence-electron chi connectivity index (χ1n) is 24.0. The van der Waals surface area contributed by atoms with E-state index in [1.807, 2.05) is 0 Å². The molecule has 0 aromatic carbocycles. The number of amides is 1. The van der Waals surface area contributed by atoms with E-state index in [1.54, 1.807) is 0 Å². The first-order chi connectivity index (χ1) is 26.1. The minimum absolute atomic E-state index is 0.143. The number of carbonyl (C=O) groups is 1. The van der Waals surface area contributed by atoms with E-state index in [0.717, 1.165) is 38.5 Å². The fourth-order valence-electron chi connectivity index (χ4n) is 7.63. The van der Waals surface area contributed by atoms with Gasteiger partial charge >= 0.3 is 0 Å². The van der Waals surface area contributed by atoms with Gasteiger partial charge in [0.05, 0.1) is 18.8 Å². The van der Waals surface area contributed by atoms with E-state index in [-0.39, 0.29) is 12.5 Å². The van der Waals surface area contributed by atoms with Crippen molar-refractivity contribution in [2.45, 2.75) is 283 Å². The number of unbranched alkanes of at least 4 members (excludes halogenated alkanes) is 34. The topological polar surface area (TPSA) is 89.8 Å². The predicted molar refractivity (Wildman–Crippen MR) is 232 cm³/mol. The standard InChI is InChI=1S/C48H95NO4/c1-3-5-7-9-11-13-15-17-18-19-20-21-22-23-24-25-26-27-28-29-30-31-33-35-37-39-41-43-47(52)49-45(44-50)48(53)46(51)42-40-38-36-34-32-16-14-12-10-8-6-4-2/h23-24,45-46,48,50-51,53H,3-22,25-44H2,1-2H3,(H,49,52)/b24-23-. The Kier molecular flexibility index (Phi) is 43.1. The minimum atomic E-state index is -1.13. The van der Waals surface area contributed by atoms with Gasteiger partial charge in [0.1, 0.15) is 6.10 Å². The lowest BCUT2D eigenvalue weighted by molar-refractivity contribution is -0.124. The Hall–Kier alpha value is -0.910. The maximum Gasteiger partial charge on any atom is 0.220 e. The number of aliphatic hydroxyl groups excluding tert-OH is 3. The molecular formula is C48H95NO4. The van der Waals surface area contributed by atoms with Crippen LogP contribution >= 0.6 is 0 Å². The van der Waals surface area contributed by atoms with Crippen LogP contribution in [-0.4, -0.2) is 46.1 Å². The molecule has 0 aliphatic carbocycles. The van der Waals surface area contributed by atoms with Crippen molar-refractivity contribution in [2.75, 3.05) is 6.61 Å². The lowest BCUT2D eigenvalue weighted by Crippen LogP contribution is -2.50. The molecule has 0 rings (SSSR count). The van der Waals surface area contributed by atoms with E-state index in [4.69, 9.17) is 0 Å². The van der Waals surface area contributed by atoms with Crippen LogP contribution in [0.5, 0.6) is 0 Å². The molecule has 4 N–H and O–H groups in total. The van der Waals surface area contributed by atoms with Crippen molar-refractivity contribution in [3.63, 3.8) is 0 Å². The van der Waals surface area contributed by atoms with Crippen LogP contribution in [0.4, 0.5) is 0 Å². The molecule has 5 heteroatoms. The number of rotatable bonds is 44. The van der Waals surface area contributed by atoms with Crippen molar-refractivity contribution in [3.05, 3.63) is 12.2 Å². The number of allylic oxidation sites excluding steroid dienone is 2. The second kappa shape index (κ2) is 43.8. The van der Waals surface area contributed by atoms with Gasteiger partial charge in [-0.2, -0.15) is 0 Å². The third-order valence-corrected chi connectivity index (χ3v) is 11.4. The average molecular weight is 750 g/mol. The molecule has 316 valence electrons. The van der Waals surface area contributed by atoms with Crippen LogP contribution in [0.3, 0.4) is 0 Å². The second-order valence-electron chi connectivity index (χ2n) is 16.7. The van der Waals surface area contributed by atoms with E-state index in [0.29, 0.717) is 12.8 Å². The first-order valence-corrected chi connectivity index (χ1v) is 24.0. The fraction of sp³-hybridized carbons (Fsp3) is 0.938. The molecular weight excluding hydrogens is 655 g/mol. The van der Waals surface area contributed by atoms with E-state index in [2.05, 4.69) is 31.3 Å². The molecule has 0 heterocycles. The third-order valence-electron chi connectivity index (χ3n) is 11.4. The Morgan fingerprint density at radius 3 is 1.09 bits per heavy atom. The summed E-state index contributed by atoms with van der Waals surface area (Å²) in [6.45, 7) is 4.19. The SMILES string of the molecule is CCCCCCCCCCCCCC/C=C\CCCCCCCCCCCCCC(=O)NC(CO)C(O)C(O)CCCCCCCCCCCCCC. The Labute approximate surface area is 331 Å². The molecule has 5 nitrogen and oxygen atoms in total. The van der Waals surface area contributed by atoms with Gasteiger partial charge < -0.3 is 20.6 Å². The quantitative estimate of drug-likeness (QED) is 0.0369. The smallest absolute Gasteiger partial charge is 0.220 e. The summed E-state index contributed by atoms with van der Waals surface area (Å²) < 4.78 is 0. The number of hydrogen-bond acceptors (Lipinski definition) is 4. The van der Waals surface area contributed by atoms with Crippen molar-refractivity contribution in [1.29, 1.82) is 0 Å². The number of aliphatic hydroxyl groups is 3. The molecule has 0 fully saturated rings. The highest BCUT2D eigenvalue weighted by molar-refractivity contribution is 5.76. The summed E-state index contributed by atoms with van der Waals surface area (Å²) >= 11 is 0. The minimum Gasteiger partial charge on any atom is -0.394 e. The largest absolute Gasteiger partial charge is 0.394 e. The van der Waals surface area contributed by atoms with E-state index >= 15 is 0 Å². The van der Waals surface area contributed by atoms with Gasteiger partial charge in [0.15, 0.2) is 0 Å². The van der Waals surface area contributed by atoms with Gasteiger partial charge in [0.2, 0.25) is 5.91 Å². The predicted octanol–water partition coefficient (Wildman–Crippen LogP) is 14.0. The maximum atomic E-state index is 12.4. The molecule has 0 saturated heterocycles. The van der Waals surface area contributed by atoms with Crippen molar-refractivity contribution >= 4 is 5.91 Å². The summed E-state index contributed by atoms with van der Waals surface area (Å²) in [6, 6.07) is -0.805. The van der Waals surface area contributed by atoms with Gasteiger partial charge in [0, 0.05) is 6.42 Å². The van der Waals surface area contributed by atoms with Gasteiger partial charge in [-0.3, -0.25) is 4.79 Å². The Bertz CT molecular complexity index is 743. The van der Waals surface area contributed by atoms with Gasteiger partial charge in [-0.1, -0.05) is 231 Å². The second-order valence-corrected chi connectivity index (χ2v) is 16.7. The summed E-state index contributed by atoms with van der Waals surface area (Å²) in [6.07, 6.45) is 52.0. The van der Waals surface area contributed by atoms with Gasteiger partial charge in [-0.05, 0) is 38.5 Å². The van der Waals surface area contributed by atoms with Gasteiger partial charge in [-0.25, -0.2) is 0 Å². The monoisotopic (exact) mass is 750 g/mol. The highest BCUT2D eigenvalue weighted by Gasteiger charge is 2.26. The summed E-state index contributed by atoms with van der Waals surface area (Å²) in [5, 5.41) is 33.5. The summed E-state index contributed by atoms with van der Waals surface area (Å²) in [5.74, 6) is -0.143. The van der Waals surface area contributed by atoms with E-state index < -0.39 is 18.2 Å². The molecule has 0 saturated carbocycles. The number of carbonyl (C=O) groups excluding carboxylic acids is 1. The lowest BCUT2D eigenvalue weighted by Gasteiger charge is -2.26. The molecule has 1 amide bonds. The fourth-order valence-corrected chi connectivity index (χ4v) is 7.63. The van der Waals surface area contributed by atoms with Crippen LogP contribution in [-0.2, 0) is 4.79 Å². The molecule has 0 aromatic heterocycles. The first kappa shape index (κ1) is 52.1. The zero-order valence-corrected chi connectivity index (χ0v) is 35.9. The Balaban J connectivity index is 3.52. The molecule has 3 atom stereocenters. The van der Waals surface area contributed by atoms with Crippen LogP contribution in [0.1, 0.15) is 264 Å². The van der Waals surface area contributed by atoms with Crippen molar-refractivity contribution in [3.8, 4) is 0 Å². The van der Waals surface area contributed by atoms with Crippen LogP contribution in [0.25, 0.3) is 0 Å². The third kappa shape index (κ3) is 39.1. The molecule has 0 aliphatic rings. The zero-order chi connectivity index (χ0) is 38.7. The normalized spacial score (nSPS) is 13.5. The maximum absolute atomic E-state index is 12.4. The van der Waals surface area contributed by atoms with Crippen molar-refractivity contribution in [2.24, 2.45) is 0 Å². The van der Waals surface area contributed by atoms with Crippen LogP contribution < -0.4 is 5.32 Å². The number of hydrogen-bond donors (Lipinski definition) is 4. The molecule has 0 bridgehead atoms. The summed E-state index contributed by atoms with van der Waals surface area (Å²) in [5.41, 5.74) is 0. The van der Waals surface area contributed by atoms with Crippen LogP contribution in [0.2, 0.25) is 0 Å². The van der Waals surface area contributed by atoms with Crippen molar-refractivity contribution in [1.82, 2.24) is 5.32 Å². The highest BCUT2D eigenvalue weighted by atomic mass is 16.3. The van der Waals surface area contributed by atoms with Gasteiger partial charge in [0.25, 0.3) is 0 Å². The molecule has 0 aromatic rings. The molecule has 0 spiro atoms. The van der Waals surface area contributed by atoms with Gasteiger partial charge in [-0.15, -0.1) is 0 Å². The lowest BCUT2D eigenvalue weighted by atomic mass is 9.99.